The topological polar surface area (TPSA) is 33.1 Å². The Morgan fingerprint density at radius 1 is 1.00 bits per heavy atom. The van der Waals surface area contributed by atoms with Gasteiger partial charge < -0.3 is 5.11 Å². The molecule has 1 aromatic heterocycles. The zero-order valence-corrected chi connectivity index (χ0v) is 7.01. The molecule has 0 spiro atoms. The van der Waals surface area contributed by atoms with Gasteiger partial charge in [0, 0.05) is 11.8 Å². The van der Waals surface area contributed by atoms with Crippen molar-refractivity contribution in [3.63, 3.8) is 0 Å². The zero-order chi connectivity index (χ0) is 9.10. The highest BCUT2D eigenvalue weighted by molar-refractivity contribution is 5.68. The fourth-order valence-electron chi connectivity index (χ4n) is 1.25. The summed E-state index contributed by atoms with van der Waals surface area (Å²) in [6, 6.07) is 11.5. The number of benzene rings is 1. The predicted octanol–water partition coefficient (Wildman–Crippen LogP) is 2.45. The molecule has 0 fully saturated rings. The molecule has 0 amide bonds. The van der Waals surface area contributed by atoms with Crippen molar-refractivity contribution in [2.45, 2.75) is 0 Å². The number of hydrogen-bond acceptors (Lipinski definition) is 2. The first-order valence-electron chi connectivity index (χ1n) is 4.06. The predicted molar refractivity (Wildman–Crippen MR) is 51.3 cm³/mol. The highest BCUT2D eigenvalue weighted by atomic mass is 16.3. The van der Waals surface area contributed by atoms with E-state index in [-0.39, 0.29) is 5.75 Å². The average Bonchev–Trinajstić information content (AvgIpc) is 2.20. The van der Waals surface area contributed by atoms with Crippen LogP contribution in [0.4, 0.5) is 0 Å². The summed E-state index contributed by atoms with van der Waals surface area (Å²) < 4.78 is 0. The summed E-state index contributed by atoms with van der Waals surface area (Å²) in [6.07, 6.45) is 3.12. The second kappa shape index (κ2) is 3.27. The molecule has 0 radical (unpaired) electrons. The van der Waals surface area contributed by atoms with Gasteiger partial charge in [-0.05, 0) is 11.6 Å². The van der Waals surface area contributed by atoms with Crippen LogP contribution in [-0.2, 0) is 0 Å². The Kier molecular flexibility index (Phi) is 1.96. The number of aromatic nitrogens is 1. The van der Waals surface area contributed by atoms with Gasteiger partial charge in [-0.15, -0.1) is 0 Å². The SMILES string of the molecule is Oc1cnccc1-c1ccccc1. The van der Waals surface area contributed by atoms with Crippen molar-refractivity contribution in [3.05, 3.63) is 48.8 Å². The van der Waals surface area contributed by atoms with Gasteiger partial charge in [-0.3, -0.25) is 4.98 Å². The summed E-state index contributed by atoms with van der Waals surface area (Å²) in [6.45, 7) is 0. The van der Waals surface area contributed by atoms with Crippen LogP contribution in [0.5, 0.6) is 5.75 Å². The first-order chi connectivity index (χ1) is 6.38. The van der Waals surface area contributed by atoms with Crippen molar-refractivity contribution in [2.24, 2.45) is 0 Å². The normalized spacial score (nSPS) is 9.85. The van der Waals surface area contributed by atoms with E-state index >= 15 is 0 Å². The van der Waals surface area contributed by atoms with Crippen molar-refractivity contribution in [3.8, 4) is 16.9 Å². The first kappa shape index (κ1) is 7.80. The summed E-state index contributed by atoms with van der Waals surface area (Å²) >= 11 is 0. The van der Waals surface area contributed by atoms with E-state index in [1.54, 1.807) is 12.3 Å². The van der Waals surface area contributed by atoms with E-state index in [1.165, 1.54) is 6.20 Å². The van der Waals surface area contributed by atoms with E-state index < -0.39 is 0 Å². The summed E-state index contributed by atoms with van der Waals surface area (Å²) in [5.41, 5.74) is 1.82. The van der Waals surface area contributed by atoms with Crippen LogP contribution < -0.4 is 0 Å². The smallest absolute Gasteiger partial charge is 0.141 e. The summed E-state index contributed by atoms with van der Waals surface area (Å²) in [5, 5.41) is 9.50. The molecule has 0 bridgehead atoms. The molecule has 1 aromatic carbocycles. The van der Waals surface area contributed by atoms with E-state index in [4.69, 9.17) is 0 Å². The van der Waals surface area contributed by atoms with Gasteiger partial charge in [0.25, 0.3) is 0 Å². The fourth-order valence-corrected chi connectivity index (χ4v) is 1.25. The fraction of sp³-hybridized carbons (Fsp3) is 0. The number of hydrogen-bond donors (Lipinski definition) is 1. The maximum Gasteiger partial charge on any atom is 0.141 e. The molecular formula is C11H9NO. The lowest BCUT2D eigenvalue weighted by Gasteiger charge is -2.02. The quantitative estimate of drug-likeness (QED) is 0.714. The molecule has 0 aliphatic rings. The van der Waals surface area contributed by atoms with Gasteiger partial charge in [0.2, 0.25) is 0 Å². The third-order valence-corrected chi connectivity index (χ3v) is 1.88. The number of nitrogens with zero attached hydrogens (tertiary/aromatic N) is 1. The molecule has 2 nitrogen and oxygen atoms in total. The summed E-state index contributed by atoms with van der Waals surface area (Å²) in [4.78, 5) is 3.82. The molecule has 0 saturated heterocycles. The Balaban J connectivity index is 2.54. The lowest BCUT2D eigenvalue weighted by molar-refractivity contribution is 0.475. The standard InChI is InChI=1S/C11H9NO/c13-11-8-12-7-6-10(11)9-4-2-1-3-5-9/h1-8,13H. The van der Waals surface area contributed by atoms with E-state index in [0.29, 0.717) is 0 Å². The van der Waals surface area contributed by atoms with Crippen molar-refractivity contribution < 1.29 is 5.11 Å². The molecule has 0 saturated carbocycles. The molecule has 1 heterocycles. The van der Waals surface area contributed by atoms with Gasteiger partial charge >= 0.3 is 0 Å². The highest BCUT2D eigenvalue weighted by Gasteiger charge is 2.01. The van der Waals surface area contributed by atoms with Gasteiger partial charge in [-0.2, -0.15) is 0 Å². The monoisotopic (exact) mass is 171 g/mol. The van der Waals surface area contributed by atoms with Gasteiger partial charge in [0.1, 0.15) is 5.75 Å². The van der Waals surface area contributed by atoms with Crippen molar-refractivity contribution in [1.82, 2.24) is 4.98 Å². The van der Waals surface area contributed by atoms with Crippen LogP contribution in [0.25, 0.3) is 11.1 Å². The molecular weight excluding hydrogens is 162 g/mol. The van der Waals surface area contributed by atoms with Crippen LogP contribution in [0.2, 0.25) is 0 Å². The highest BCUT2D eigenvalue weighted by Crippen LogP contribution is 2.26. The zero-order valence-electron chi connectivity index (χ0n) is 7.01. The second-order valence-corrected chi connectivity index (χ2v) is 2.76. The Morgan fingerprint density at radius 3 is 2.46 bits per heavy atom. The molecule has 0 atom stereocenters. The van der Waals surface area contributed by atoms with Crippen molar-refractivity contribution in [1.29, 1.82) is 0 Å². The Morgan fingerprint density at radius 2 is 1.77 bits per heavy atom. The van der Waals surface area contributed by atoms with Gasteiger partial charge in [0.05, 0.1) is 6.20 Å². The minimum atomic E-state index is 0.216. The molecule has 1 N–H and O–H groups in total. The molecule has 0 aliphatic heterocycles. The van der Waals surface area contributed by atoms with Crippen LogP contribution in [0, 0.1) is 0 Å². The Bertz CT molecular complexity index is 398. The van der Waals surface area contributed by atoms with Crippen LogP contribution >= 0.6 is 0 Å². The molecule has 2 aromatic rings. The summed E-state index contributed by atoms with van der Waals surface area (Å²) in [7, 11) is 0. The van der Waals surface area contributed by atoms with Crippen molar-refractivity contribution >= 4 is 0 Å². The van der Waals surface area contributed by atoms with Crippen LogP contribution in [0.1, 0.15) is 0 Å². The number of aromatic hydroxyl groups is 1. The average molecular weight is 171 g/mol. The van der Waals surface area contributed by atoms with Gasteiger partial charge in [-0.1, -0.05) is 30.3 Å². The Labute approximate surface area is 76.5 Å². The van der Waals surface area contributed by atoms with Gasteiger partial charge in [0.15, 0.2) is 0 Å². The molecule has 0 unspecified atom stereocenters. The third-order valence-electron chi connectivity index (χ3n) is 1.88. The van der Waals surface area contributed by atoms with E-state index in [1.807, 2.05) is 30.3 Å². The lowest BCUT2D eigenvalue weighted by atomic mass is 10.1. The van der Waals surface area contributed by atoms with Crippen LogP contribution in [0.3, 0.4) is 0 Å². The third kappa shape index (κ3) is 1.51. The minimum absolute atomic E-state index is 0.216. The van der Waals surface area contributed by atoms with Crippen LogP contribution in [-0.4, -0.2) is 10.1 Å². The van der Waals surface area contributed by atoms with E-state index in [2.05, 4.69) is 4.98 Å². The number of pyridine rings is 1. The van der Waals surface area contributed by atoms with E-state index in [0.717, 1.165) is 11.1 Å². The molecule has 2 rings (SSSR count). The van der Waals surface area contributed by atoms with E-state index in [9.17, 15) is 5.11 Å². The summed E-state index contributed by atoms with van der Waals surface area (Å²) in [5.74, 6) is 0.216. The maximum absolute atomic E-state index is 9.50. The maximum atomic E-state index is 9.50. The number of rotatable bonds is 1. The molecule has 13 heavy (non-hydrogen) atoms. The largest absolute Gasteiger partial charge is 0.506 e. The molecule has 64 valence electrons. The second-order valence-electron chi connectivity index (χ2n) is 2.76. The molecule has 2 heteroatoms. The lowest BCUT2D eigenvalue weighted by Crippen LogP contribution is -1.79. The van der Waals surface area contributed by atoms with Crippen LogP contribution in [0.15, 0.2) is 48.8 Å². The minimum Gasteiger partial charge on any atom is -0.506 e. The molecule has 0 aliphatic carbocycles. The Hall–Kier alpha value is -1.83. The van der Waals surface area contributed by atoms with Crippen molar-refractivity contribution in [2.75, 3.05) is 0 Å². The first-order valence-corrected chi connectivity index (χ1v) is 4.06. The van der Waals surface area contributed by atoms with Gasteiger partial charge in [-0.25, -0.2) is 0 Å².